The van der Waals surface area contributed by atoms with Crippen molar-refractivity contribution in [3.05, 3.63) is 41.5 Å². The normalized spacial score (nSPS) is 13.0. The number of esters is 1. The minimum Gasteiger partial charge on any atom is -0.497 e. The lowest BCUT2D eigenvalue weighted by atomic mass is 10.0. The van der Waals surface area contributed by atoms with Gasteiger partial charge in [0.05, 0.1) is 19.3 Å². The Labute approximate surface area is 107 Å². The molecular weight excluding hydrogens is 232 g/mol. The number of ether oxygens (including phenoxy) is 2. The van der Waals surface area contributed by atoms with Crippen LogP contribution >= 0.6 is 0 Å². The average molecular weight is 250 g/mol. The zero-order chi connectivity index (χ0) is 13.5. The minimum absolute atomic E-state index is 0.238. The number of rotatable bonds is 5. The molecule has 0 saturated heterocycles. The molecular formula is C14H18O4. The van der Waals surface area contributed by atoms with Crippen LogP contribution in [0, 0.1) is 0 Å². The Balaban J connectivity index is 2.89. The van der Waals surface area contributed by atoms with Gasteiger partial charge in [-0.2, -0.15) is 0 Å². The minimum atomic E-state index is -0.986. The molecule has 4 nitrogen and oxygen atoms in total. The molecule has 1 unspecified atom stereocenters. The maximum Gasteiger partial charge on any atom is 0.336 e. The number of hydrogen-bond acceptors (Lipinski definition) is 4. The lowest BCUT2D eigenvalue weighted by Crippen LogP contribution is -2.14. The largest absolute Gasteiger partial charge is 0.497 e. The molecule has 0 spiro atoms. The third-order valence-corrected chi connectivity index (χ3v) is 2.55. The monoisotopic (exact) mass is 250 g/mol. The summed E-state index contributed by atoms with van der Waals surface area (Å²) in [5.41, 5.74) is 0.860. The fourth-order valence-corrected chi connectivity index (χ4v) is 1.57. The van der Waals surface area contributed by atoms with Crippen LogP contribution in [0.2, 0.25) is 0 Å². The van der Waals surface area contributed by atoms with Gasteiger partial charge in [-0.3, -0.25) is 0 Å². The standard InChI is InChI=1S/C14H18O4/c1-4-12(14(16)18-5-2)13(15)10-6-8-11(17-3)9-7-10/h4,6-9,13,15H,5H2,1-3H3. The van der Waals surface area contributed by atoms with E-state index in [1.54, 1.807) is 51.3 Å². The van der Waals surface area contributed by atoms with Gasteiger partial charge in [-0.1, -0.05) is 18.2 Å². The molecule has 0 radical (unpaired) electrons. The lowest BCUT2D eigenvalue weighted by molar-refractivity contribution is -0.139. The van der Waals surface area contributed by atoms with Crippen molar-refractivity contribution in [2.45, 2.75) is 20.0 Å². The maximum atomic E-state index is 11.6. The highest BCUT2D eigenvalue weighted by Crippen LogP contribution is 2.24. The van der Waals surface area contributed by atoms with E-state index in [1.165, 1.54) is 0 Å². The maximum absolute atomic E-state index is 11.6. The molecule has 0 bridgehead atoms. The zero-order valence-electron chi connectivity index (χ0n) is 10.8. The molecule has 0 aliphatic rings. The van der Waals surface area contributed by atoms with Gasteiger partial charge < -0.3 is 14.6 Å². The molecule has 1 N–H and O–H groups in total. The Kier molecular flexibility index (Phi) is 5.39. The van der Waals surface area contributed by atoms with Crippen molar-refractivity contribution in [1.29, 1.82) is 0 Å². The number of hydrogen-bond donors (Lipinski definition) is 1. The van der Waals surface area contributed by atoms with Crippen LogP contribution < -0.4 is 4.74 Å². The second-order valence-corrected chi connectivity index (χ2v) is 3.64. The first-order chi connectivity index (χ1) is 8.63. The molecule has 98 valence electrons. The summed E-state index contributed by atoms with van der Waals surface area (Å²) in [6, 6.07) is 6.90. The molecule has 18 heavy (non-hydrogen) atoms. The fourth-order valence-electron chi connectivity index (χ4n) is 1.57. The van der Waals surface area contributed by atoms with E-state index in [-0.39, 0.29) is 12.2 Å². The highest BCUT2D eigenvalue weighted by Gasteiger charge is 2.20. The lowest BCUT2D eigenvalue weighted by Gasteiger charge is -2.14. The number of methoxy groups -OCH3 is 1. The molecule has 0 amide bonds. The molecule has 4 heteroatoms. The summed E-state index contributed by atoms with van der Waals surface area (Å²) < 4.78 is 9.92. The van der Waals surface area contributed by atoms with Crippen LogP contribution in [0.4, 0.5) is 0 Å². The van der Waals surface area contributed by atoms with Gasteiger partial charge in [-0.05, 0) is 31.5 Å². The van der Waals surface area contributed by atoms with E-state index in [1.807, 2.05) is 0 Å². The summed E-state index contributed by atoms with van der Waals surface area (Å²) in [6.45, 7) is 3.70. The van der Waals surface area contributed by atoms with E-state index >= 15 is 0 Å². The summed E-state index contributed by atoms with van der Waals surface area (Å²) in [4.78, 5) is 11.6. The highest BCUT2D eigenvalue weighted by atomic mass is 16.5. The van der Waals surface area contributed by atoms with Gasteiger partial charge in [0.1, 0.15) is 11.9 Å². The molecule has 1 aromatic rings. The van der Waals surface area contributed by atoms with E-state index in [2.05, 4.69) is 0 Å². The third-order valence-electron chi connectivity index (χ3n) is 2.55. The van der Waals surface area contributed by atoms with Crippen molar-refractivity contribution in [2.24, 2.45) is 0 Å². The third kappa shape index (κ3) is 3.34. The Bertz CT molecular complexity index is 420. The van der Waals surface area contributed by atoms with Gasteiger partial charge in [-0.15, -0.1) is 0 Å². The Morgan fingerprint density at radius 1 is 1.39 bits per heavy atom. The molecule has 0 aliphatic carbocycles. The van der Waals surface area contributed by atoms with Gasteiger partial charge in [-0.25, -0.2) is 4.79 Å². The Morgan fingerprint density at radius 3 is 2.44 bits per heavy atom. The molecule has 1 aromatic carbocycles. The number of carbonyl (C=O) groups is 1. The van der Waals surface area contributed by atoms with E-state index < -0.39 is 12.1 Å². The van der Waals surface area contributed by atoms with Gasteiger partial charge in [0, 0.05) is 0 Å². The van der Waals surface area contributed by atoms with Crippen molar-refractivity contribution in [3.8, 4) is 5.75 Å². The van der Waals surface area contributed by atoms with Crippen LogP contribution in [-0.4, -0.2) is 24.8 Å². The fraction of sp³-hybridized carbons (Fsp3) is 0.357. The Morgan fingerprint density at radius 2 is 2.00 bits per heavy atom. The predicted octanol–water partition coefficient (Wildman–Crippen LogP) is 2.24. The van der Waals surface area contributed by atoms with E-state index in [0.29, 0.717) is 11.3 Å². The second-order valence-electron chi connectivity index (χ2n) is 3.64. The second kappa shape index (κ2) is 6.81. The van der Waals surface area contributed by atoms with Crippen molar-refractivity contribution in [2.75, 3.05) is 13.7 Å². The number of allylic oxidation sites excluding steroid dienone is 1. The number of carbonyl (C=O) groups excluding carboxylic acids is 1. The van der Waals surface area contributed by atoms with Crippen molar-refractivity contribution < 1.29 is 19.4 Å². The smallest absolute Gasteiger partial charge is 0.336 e. The molecule has 0 saturated carbocycles. The highest BCUT2D eigenvalue weighted by molar-refractivity contribution is 5.89. The molecule has 1 atom stereocenters. The van der Waals surface area contributed by atoms with E-state index in [4.69, 9.17) is 9.47 Å². The van der Waals surface area contributed by atoms with Crippen molar-refractivity contribution in [1.82, 2.24) is 0 Å². The first kappa shape index (κ1) is 14.3. The number of aliphatic hydroxyl groups is 1. The van der Waals surface area contributed by atoms with Crippen LogP contribution in [0.5, 0.6) is 5.75 Å². The zero-order valence-corrected chi connectivity index (χ0v) is 10.8. The average Bonchev–Trinajstić information content (AvgIpc) is 2.40. The summed E-state index contributed by atoms with van der Waals surface area (Å²) in [5.74, 6) is 0.201. The first-order valence-electron chi connectivity index (χ1n) is 5.79. The molecule has 0 fully saturated rings. The predicted molar refractivity (Wildman–Crippen MR) is 68.3 cm³/mol. The van der Waals surface area contributed by atoms with Crippen LogP contribution in [0.15, 0.2) is 35.9 Å². The molecule has 0 heterocycles. The van der Waals surface area contributed by atoms with Crippen LogP contribution in [-0.2, 0) is 9.53 Å². The molecule has 1 rings (SSSR count). The topological polar surface area (TPSA) is 55.8 Å². The first-order valence-corrected chi connectivity index (χ1v) is 5.79. The van der Waals surface area contributed by atoms with E-state index in [9.17, 15) is 9.90 Å². The SMILES string of the molecule is CC=C(C(=O)OCC)C(O)c1ccc(OC)cc1. The van der Waals surface area contributed by atoms with Gasteiger partial charge in [0.2, 0.25) is 0 Å². The number of aliphatic hydroxyl groups excluding tert-OH is 1. The van der Waals surface area contributed by atoms with Crippen LogP contribution in [0.3, 0.4) is 0 Å². The van der Waals surface area contributed by atoms with E-state index in [0.717, 1.165) is 0 Å². The van der Waals surface area contributed by atoms with Crippen molar-refractivity contribution >= 4 is 5.97 Å². The van der Waals surface area contributed by atoms with Crippen LogP contribution in [0.1, 0.15) is 25.5 Å². The summed E-state index contributed by atoms with van der Waals surface area (Å²) in [7, 11) is 1.57. The van der Waals surface area contributed by atoms with Gasteiger partial charge in [0.25, 0.3) is 0 Å². The van der Waals surface area contributed by atoms with Crippen LogP contribution in [0.25, 0.3) is 0 Å². The van der Waals surface area contributed by atoms with Gasteiger partial charge >= 0.3 is 5.97 Å². The Hall–Kier alpha value is -1.81. The summed E-state index contributed by atoms with van der Waals surface area (Å²) in [6.07, 6.45) is 0.576. The molecule has 0 aliphatic heterocycles. The molecule has 0 aromatic heterocycles. The summed E-state index contributed by atoms with van der Waals surface area (Å²) in [5, 5.41) is 10.1. The summed E-state index contributed by atoms with van der Waals surface area (Å²) >= 11 is 0. The van der Waals surface area contributed by atoms with Crippen molar-refractivity contribution in [3.63, 3.8) is 0 Å². The number of benzene rings is 1. The quantitative estimate of drug-likeness (QED) is 0.643. The van der Waals surface area contributed by atoms with Gasteiger partial charge in [0.15, 0.2) is 0 Å².